The minimum Gasteiger partial charge on any atom is -0.443 e. The summed E-state index contributed by atoms with van der Waals surface area (Å²) in [5, 5.41) is 2.01. The molecule has 1 fully saturated rings. The van der Waals surface area contributed by atoms with Crippen molar-refractivity contribution in [2.45, 2.75) is 56.6 Å². The Morgan fingerprint density at radius 1 is 1.12 bits per heavy atom. The first-order chi connectivity index (χ1) is 20.2. The van der Waals surface area contributed by atoms with Gasteiger partial charge in [-0.3, -0.25) is 18.7 Å². The Hall–Kier alpha value is -4.24. The van der Waals surface area contributed by atoms with Gasteiger partial charge in [0, 0.05) is 31.4 Å². The molecule has 1 saturated heterocycles. The van der Waals surface area contributed by atoms with Crippen LogP contribution >= 0.6 is 0 Å². The zero-order chi connectivity index (χ0) is 31.3. The number of alkyl halides is 3. The third-order valence-corrected chi connectivity index (χ3v) is 8.95. The van der Waals surface area contributed by atoms with Crippen molar-refractivity contribution < 1.29 is 35.2 Å². The van der Waals surface area contributed by atoms with Gasteiger partial charge >= 0.3 is 11.9 Å². The van der Waals surface area contributed by atoms with E-state index in [1.54, 1.807) is 13.8 Å². The maximum Gasteiger partial charge on any atom is 0.416 e. The second kappa shape index (κ2) is 11.1. The Morgan fingerprint density at radius 3 is 2.44 bits per heavy atom. The molecule has 0 radical (unpaired) electrons. The molecule has 15 heteroatoms. The highest BCUT2D eigenvalue weighted by Crippen LogP contribution is 2.31. The van der Waals surface area contributed by atoms with E-state index < -0.39 is 68.5 Å². The number of rotatable bonds is 7. The molecule has 4 aromatic rings. The quantitative estimate of drug-likeness (QED) is 0.312. The number of hydrogen-bond acceptors (Lipinski definition) is 6. The standard InChI is InChI=1S/C28H26F4N4O6S/c1-16(2)36-26(38)17(15-34(27(36)39)19-10-8-18(9-11-19)28(30,31)32)14-33-25(37)22-6-4-12-35(22)43(40,41)24-13-20-21(29)5-3-7-23(20)42-24/h3,5,7-11,13,15-16,22H,4,6,12,14H2,1-2H3,(H,33,37)/t22-/m0/s1. The number of fused-ring (bicyclic) bond motifs is 1. The van der Waals surface area contributed by atoms with E-state index in [4.69, 9.17) is 4.42 Å². The van der Waals surface area contributed by atoms with E-state index in [9.17, 15) is 40.4 Å². The molecule has 0 unspecified atom stereocenters. The fraction of sp³-hybridized carbons (Fsp3) is 0.321. The van der Waals surface area contributed by atoms with Crippen LogP contribution in [-0.4, -0.2) is 40.4 Å². The van der Waals surface area contributed by atoms with Crippen LogP contribution in [0.3, 0.4) is 0 Å². The van der Waals surface area contributed by atoms with Crippen LogP contribution in [0.25, 0.3) is 16.7 Å². The van der Waals surface area contributed by atoms with Crippen LogP contribution in [0.4, 0.5) is 17.6 Å². The van der Waals surface area contributed by atoms with Crippen molar-refractivity contribution >= 4 is 26.9 Å². The third kappa shape index (κ3) is 5.61. The highest BCUT2D eigenvalue weighted by atomic mass is 32.2. The Bertz CT molecular complexity index is 1930. The lowest BCUT2D eigenvalue weighted by Gasteiger charge is -2.22. The number of halogens is 4. The van der Waals surface area contributed by atoms with Crippen LogP contribution in [-0.2, 0) is 27.5 Å². The second-order valence-corrected chi connectivity index (χ2v) is 12.2. The SMILES string of the molecule is CC(C)n1c(=O)c(CNC(=O)[C@@H]2CCCN2S(=O)(=O)c2cc3c(F)cccc3o2)cn(-c2ccc(C(F)(F)F)cc2)c1=O. The number of carbonyl (C=O) groups excluding carboxylic acids is 1. The predicted octanol–water partition coefficient (Wildman–Crippen LogP) is 3.95. The summed E-state index contributed by atoms with van der Waals surface area (Å²) in [7, 11) is -4.34. The zero-order valence-electron chi connectivity index (χ0n) is 22.9. The molecule has 3 heterocycles. The normalized spacial score (nSPS) is 16.3. The lowest BCUT2D eigenvalue weighted by Crippen LogP contribution is -2.47. The minimum atomic E-state index is -4.59. The monoisotopic (exact) mass is 622 g/mol. The first-order valence-corrected chi connectivity index (χ1v) is 14.7. The summed E-state index contributed by atoms with van der Waals surface area (Å²) in [6.45, 7) is 2.76. The van der Waals surface area contributed by atoms with Crippen molar-refractivity contribution in [2.24, 2.45) is 0 Å². The van der Waals surface area contributed by atoms with Crippen LogP contribution in [0.5, 0.6) is 0 Å². The number of sulfonamides is 1. The molecule has 1 amide bonds. The second-order valence-electron chi connectivity index (χ2n) is 10.3. The molecule has 43 heavy (non-hydrogen) atoms. The number of amides is 1. The molecule has 228 valence electrons. The number of carbonyl (C=O) groups is 1. The molecule has 10 nitrogen and oxygen atoms in total. The molecule has 0 spiro atoms. The van der Waals surface area contributed by atoms with E-state index in [0.29, 0.717) is 6.42 Å². The third-order valence-electron chi connectivity index (χ3n) is 7.19. The highest BCUT2D eigenvalue weighted by molar-refractivity contribution is 7.89. The maximum absolute atomic E-state index is 14.1. The molecule has 1 N–H and O–H groups in total. The number of benzene rings is 2. The van der Waals surface area contributed by atoms with Gasteiger partial charge in [0.2, 0.25) is 11.0 Å². The van der Waals surface area contributed by atoms with Crippen LogP contribution in [0.1, 0.15) is 43.9 Å². The largest absolute Gasteiger partial charge is 0.443 e. The number of furan rings is 1. The van der Waals surface area contributed by atoms with Crippen molar-refractivity contribution in [3.63, 3.8) is 0 Å². The number of nitrogens with zero attached hydrogens (tertiary/aromatic N) is 3. The highest BCUT2D eigenvalue weighted by Gasteiger charge is 2.41. The van der Waals surface area contributed by atoms with Gasteiger partial charge in [-0.25, -0.2) is 17.6 Å². The van der Waals surface area contributed by atoms with Gasteiger partial charge in [-0.05, 0) is 63.1 Å². The molecule has 1 atom stereocenters. The minimum absolute atomic E-state index is 0.00109. The van der Waals surface area contributed by atoms with Gasteiger partial charge in [0.1, 0.15) is 17.4 Å². The van der Waals surface area contributed by atoms with Gasteiger partial charge in [-0.2, -0.15) is 17.5 Å². The molecular formula is C28H26F4N4O6S. The van der Waals surface area contributed by atoms with E-state index in [2.05, 4.69) is 5.32 Å². The van der Waals surface area contributed by atoms with Gasteiger partial charge in [-0.1, -0.05) is 6.07 Å². The summed E-state index contributed by atoms with van der Waals surface area (Å²) < 4.78 is 88.3. The molecule has 0 aliphatic carbocycles. The smallest absolute Gasteiger partial charge is 0.416 e. The summed E-state index contributed by atoms with van der Waals surface area (Å²) in [5.74, 6) is -1.38. The van der Waals surface area contributed by atoms with Crippen molar-refractivity contribution in [3.05, 3.63) is 92.5 Å². The summed E-state index contributed by atoms with van der Waals surface area (Å²) in [4.78, 5) is 39.5. The van der Waals surface area contributed by atoms with Crippen molar-refractivity contribution in [1.29, 1.82) is 0 Å². The molecule has 2 aromatic heterocycles. The topological polar surface area (TPSA) is 124 Å². The summed E-state index contributed by atoms with van der Waals surface area (Å²) in [6, 6.07) is 7.02. The number of nitrogens with one attached hydrogen (secondary N) is 1. The molecule has 0 bridgehead atoms. The summed E-state index contributed by atoms with van der Waals surface area (Å²) in [5.41, 5.74) is -2.38. The summed E-state index contributed by atoms with van der Waals surface area (Å²) >= 11 is 0. The van der Waals surface area contributed by atoms with Crippen LogP contribution < -0.4 is 16.6 Å². The molecular weight excluding hydrogens is 596 g/mol. The number of aromatic nitrogens is 2. The van der Waals surface area contributed by atoms with Gasteiger partial charge in [0.15, 0.2) is 0 Å². The van der Waals surface area contributed by atoms with Crippen molar-refractivity contribution in [1.82, 2.24) is 18.8 Å². The Kier molecular flexibility index (Phi) is 7.81. The first-order valence-electron chi connectivity index (χ1n) is 13.2. The van der Waals surface area contributed by atoms with E-state index in [1.807, 2.05) is 0 Å². The first kappa shape index (κ1) is 30.2. The van der Waals surface area contributed by atoms with E-state index in [1.165, 1.54) is 12.1 Å². The molecule has 2 aromatic carbocycles. The van der Waals surface area contributed by atoms with E-state index >= 15 is 0 Å². The lowest BCUT2D eigenvalue weighted by atomic mass is 10.2. The van der Waals surface area contributed by atoms with Crippen molar-refractivity contribution in [3.8, 4) is 5.69 Å². The maximum atomic E-state index is 14.1. The molecule has 1 aliphatic rings. The molecule has 0 saturated carbocycles. The predicted molar refractivity (Wildman–Crippen MR) is 147 cm³/mol. The lowest BCUT2D eigenvalue weighted by molar-refractivity contribution is -0.137. The van der Waals surface area contributed by atoms with Crippen molar-refractivity contribution in [2.75, 3.05) is 6.54 Å². The Labute approximate surface area is 242 Å². The van der Waals surface area contributed by atoms with Gasteiger partial charge in [0.05, 0.1) is 22.2 Å². The molecule has 5 rings (SSSR count). The van der Waals surface area contributed by atoms with Gasteiger partial charge < -0.3 is 9.73 Å². The average Bonchev–Trinajstić information content (AvgIpc) is 3.62. The fourth-order valence-corrected chi connectivity index (χ4v) is 6.63. The zero-order valence-corrected chi connectivity index (χ0v) is 23.7. The van der Waals surface area contributed by atoms with Gasteiger partial charge in [-0.15, -0.1) is 0 Å². The van der Waals surface area contributed by atoms with Crippen LogP contribution in [0.15, 0.2) is 73.8 Å². The fourth-order valence-electron chi connectivity index (χ4n) is 5.03. The van der Waals surface area contributed by atoms with Crippen LogP contribution in [0, 0.1) is 5.82 Å². The Morgan fingerprint density at radius 2 is 1.81 bits per heavy atom. The van der Waals surface area contributed by atoms with Crippen LogP contribution in [0.2, 0.25) is 0 Å². The number of hydrogen-bond donors (Lipinski definition) is 1. The Balaban J connectivity index is 1.41. The summed E-state index contributed by atoms with van der Waals surface area (Å²) in [6.07, 6.45) is -2.93. The van der Waals surface area contributed by atoms with E-state index in [0.717, 1.165) is 56.0 Å². The van der Waals surface area contributed by atoms with E-state index in [-0.39, 0.29) is 35.2 Å². The molecule has 1 aliphatic heterocycles. The average molecular weight is 623 g/mol. The van der Waals surface area contributed by atoms with Gasteiger partial charge in [0.25, 0.3) is 15.6 Å².